The molecule has 108 valence electrons. The molecule has 2 heterocycles. The lowest BCUT2D eigenvalue weighted by Gasteiger charge is -2.17. The van der Waals surface area contributed by atoms with E-state index in [-0.39, 0.29) is 24.2 Å². The number of methoxy groups -OCH3 is 1. The molecule has 1 aliphatic rings. The van der Waals surface area contributed by atoms with Crippen LogP contribution in [0.25, 0.3) is 10.9 Å². The van der Waals surface area contributed by atoms with E-state index >= 15 is 0 Å². The molecular weight excluding hydrogens is 268 g/mol. The largest absolute Gasteiger partial charge is 0.469 e. The second kappa shape index (κ2) is 5.16. The van der Waals surface area contributed by atoms with Gasteiger partial charge in [-0.05, 0) is 31.2 Å². The summed E-state index contributed by atoms with van der Waals surface area (Å²) in [6, 6.07) is 9.62. The average molecular weight is 284 g/mol. The van der Waals surface area contributed by atoms with Crippen molar-refractivity contribution in [3.8, 4) is 0 Å². The van der Waals surface area contributed by atoms with Gasteiger partial charge in [0.15, 0.2) is 0 Å². The zero-order chi connectivity index (χ0) is 15.0. The number of hydrogen-bond acceptors (Lipinski definition) is 4. The van der Waals surface area contributed by atoms with Crippen molar-refractivity contribution in [3.63, 3.8) is 0 Å². The lowest BCUT2D eigenvalue weighted by Crippen LogP contribution is -2.26. The van der Waals surface area contributed by atoms with E-state index in [4.69, 9.17) is 4.74 Å². The number of aryl methyl sites for hydroxylation is 1. The van der Waals surface area contributed by atoms with Crippen LogP contribution in [0.2, 0.25) is 0 Å². The van der Waals surface area contributed by atoms with Gasteiger partial charge in [0.05, 0.1) is 18.5 Å². The Morgan fingerprint density at radius 1 is 1.33 bits per heavy atom. The first-order valence-corrected chi connectivity index (χ1v) is 6.84. The van der Waals surface area contributed by atoms with E-state index in [1.165, 1.54) is 7.11 Å². The van der Waals surface area contributed by atoms with Crippen LogP contribution in [0, 0.1) is 12.8 Å². The van der Waals surface area contributed by atoms with Gasteiger partial charge in [-0.15, -0.1) is 0 Å². The quantitative estimate of drug-likeness (QED) is 0.792. The Kier molecular flexibility index (Phi) is 3.33. The first kappa shape index (κ1) is 13.5. The summed E-state index contributed by atoms with van der Waals surface area (Å²) in [5, 5.41) is 0.979. The Labute approximate surface area is 122 Å². The third kappa shape index (κ3) is 2.46. The van der Waals surface area contributed by atoms with Crippen LogP contribution in [-0.4, -0.2) is 30.5 Å². The summed E-state index contributed by atoms with van der Waals surface area (Å²) in [6.45, 7) is 2.31. The number of fused-ring (bicyclic) bond motifs is 1. The number of aromatic nitrogens is 1. The molecule has 1 saturated heterocycles. The summed E-state index contributed by atoms with van der Waals surface area (Å²) in [5.41, 5.74) is 2.65. The number of ether oxygens (including phenoxy) is 1. The van der Waals surface area contributed by atoms with E-state index < -0.39 is 0 Å². The molecule has 0 bridgehead atoms. The molecule has 0 spiro atoms. The van der Waals surface area contributed by atoms with Gasteiger partial charge in [-0.25, -0.2) is 0 Å². The summed E-state index contributed by atoms with van der Waals surface area (Å²) >= 11 is 0. The third-order valence-electron chi connectivity index (χ3n) is 3.78. The first-order chi connectivity index (χ1) is 10.1. The van der Waals surface area contributed by atoms with Crippen molar-refractivity contribution in [1.29, 1.82) is 0 Å². The maximum absolute atomic E-state index is 12.1. The van der Waals surface area contributed by atoms with Gasteiger partial charge in [-0.2, -0.15) is 0 Å². The molecule has 1 amide bonds. The second-order valence-electron chi connectivity index (χ2n) is 5.26. The molecule has 2 aromatic rings. The molecular formula is C16H16N2O3. The van der Waals surface area contributed by atoms with Crippen molar-refractivity contribution in [2.24, 2.45) is 5.92 Å². The van der Waals surface area contributed by atoms with Crippen LogP contribution in [0.5, 0.6) is 0 Å². The number of anilines is 1. The van der Waals surface area contributed by atoms with Crippen LogP contribution in [0.3, 0.4) is 0 Å². The fourth-order valence-corrected chi connectivity index (χ4v) is 2.66. The van der Waals surface area contributed by atoms with Crippen molar-refractivity contribution in [3.05, 3.63) is 36.0 Å². The highest BCUT2D eigenvalue weighted by Crippen LogP contribution is 2.28. The molecule has 5 heteroatoms. The molecule has 0 radical (unpaired) electrons. The van der Waals surface area contributed by atoms with Gasteiger partial charge in [-0.1, -0.05) is 6.07 Å². The van der Waals surface area contributed by atoms with Crippen LogP contribution < -0.4 is 4.90 Å². The van der Waals surface area contributed by atoms with Crippen LogP contribution in [-0.2, 0) is 14.3 Å². The van der Waals surface area contributed by atoms with Crippen LogP contribution in [0.1, 0.15) is 12.1 Å². The monoisotopic (exact) mass is 284 g/mol. The zero-order valence-electron chi connectivity index (χ0n) is 12.0. The van der Waals surface area contributed by atoms with Gasteiger partial charge < -0.3 is 9.64 Å². The fraction of sp³-hybridized carbons (Fsp3) is 0.312. The number of carbonyl (C=O) groups excluding carboxylic acids is 2. The summed E-state index contributed by atoms with van der Waals surface area (Å²) in [7, 11) is 1.35. The molecule has 0 N–H and O–H groups in total. The number of amides is 1. The number of nitrogens with zero attached hydrogens (tertiary/aromatic N) is 2. The fourth-order valence-electron chi connectivity index (χ4n) is 2.66. The lowest BCUT2D eigenvalue weighted by molar-refractivity contribution is -0.145. The van der Waals surface area contributed by atoms with Gasteiger partial charge in [0.25, 0.3) is 0 Å². The van der Waals surface area contributed by atoms with Crippen LogP contribution in [0.15, 0.2) is 30.3 Å². The summed E-state index contributed by atoms with van der Waals surface area (Å²) < 4.78 is 4.72. The molecule has 1 unspecified atom stereocenters. The lowest BCUT2D eigenvalue weighted by atomic mass is 10.1. The minimum Gasteiger partial charge on any atom is -0.469 e. The third-order valence-corrected chi connectivity index (χ3v) is 3.78. The summed E-state index contributed by atoms with van der Waals surface area (Å²) in [5.74, 6) is -0.761. The maximum Gasteiger partial charge on any atom is 0.311 e. The van der Waals surface area contributed by atoms with Gasteiger partial charge in [0, 0.05) is 29.7 Å². The molecule has 0 aliphatic carbocycles. The second-order valence-corrected chi connectivity index (χ2v) is 5.26. The van der Waals surface area contributed by atoms with Gasteiger partial charge in [0.2, 0.25) is 5.91 Å². The Balaban J connectivity index is 1.92. The Morgan fingerprint density at radius 2 is 2.14 bits per heavy atom. The number of esters is 1. The molecule has 1 aromatic heterocycles. The molecule has 1 atom stereocenters. The number of pyridine rings is 1. The van der Waals surface area contributed by atoms with Crippen LogP contribution in [0.4, 0.5) is 5.69 Å². The predicted molar refractivity (Wildman–Crippen MR) is 79.0 cm³/mol. The first-order valence-electron chi connectivity index (χ1n) is 6.84. The van der Waals surface area contributed by atoms with Crippen molar-refractivity contribution in [2.75, 3.05) is 18.6 Å². The highest BCUT2D eigenvalue weighted by molar-refractivity contribution is 6.00. The van der Waals surface area contributed by atoms with Crippen molar-refractivity contribution in [1.82, 2.24) is 4.98 Å². The Bertz CT molecular complexity index is 727. The number of benzene rings is 1. The molecule has 3 rings (SSSR count). The highest BCUT2D eigenvalue weighted by atomic mass is 16.5. The van der Waals surface area contributed by atoms with Crippen molar-refractivity contribution in [2.45, 2.75) is 13.3 Å². The Hall–Kier alpha value is -2.43. The maximum atomic E-state index is 12.1. The molecule has 5 nitrogen and oxygen atoms in total. The topological polar surface area (TPSA) is 59.5 Å². The van der Waals surface area contributed by atoms with E-state index in [0.29, 0.717) is 6.54 Å². The molecule has 0 saturated carbocycles. The van der Waals surface area contributed by atoms with Gasteiger partial charge in [0.1, 0.15) is 0 Å². The summed E-state index contributed by atoms with van der Waals surface area (Å²) in [6.07, 6.45) is 0.205. The smallest absolute Gasteiger partial charge is 0.311 e. The van der Waals surface area contributed by atoms with E-state index in [9.17, 15) is 9.59 Å². The molecule has 1 fully saturated rings. The van der Waals surface area contributed by atoms with E-state index in [1.54, 1.807) is 4.90 Å². The number of carbonyl (C=O) groups is 2. The molecule has 21 heavy (non-hydrogen) atoms. The van der Waals surface area contributed by atoms with Gasteiger partial charge in [-0.3, -0.25) is 14.6 Å². The number of rotatable bonds is 2. The van der Waals surface area contributed by atoms with E-state index in [0.717, 1.165) is 22.3 Å². The van der Waals surface area contributed by atoms with Crippen LogP contribution >= 0.6 is 0 Å². The van der Waals surface area contributed by atoms with Crippen molar-refractivity contribution < 1.29 is 14.3 Å². The highest BCUT2D eigenvalue weighted by Gasteiger charge is 2.35. The molecule has 1 aromatic carbocycles. The standard InChI is InChI=1S/C16H16N2O3/c1-10-3-4-11-7-13(5-6-14(11)17-10)18-9-12(8-15(18)19)16(20)21-2/h3-7,12H,8-9H2,1-2H3. The van der Waals surface area contributed by atoms with Gasteiger partial charge >= 0.3 is 5.97 Å². The SMILES string of the molecule is COC(=O)C1CC(=O)N(c2ccc3nc(C)ccc3c2)C1. The summed E-state index contributed by atoms with van der Waals surface area (Å²) in [4.78, 5) is 29.8. The number of hydrogen-bond donors (Lipinski definition) is 0. The Morgan fingerprint density at radius 3 is 2.90 bits per heavy atom. The minimum atomic E-state index is -0.380. The van der Waals surface area contributed by atoms with E-state index in [2.05, 4.69) is 4.98 Å². The predicted octanol–water partition coefficient (Wildman–Crippen LogP) is 2.07. The van der Waals surface area contributed by atoms with E-state index in [1.807, 2.05) is 37.3 Å². The average Bonchev–Trinajstić information content (AvgIpc) is 2.88. The van der Waals surface area contributed by atoms with Crippen molar-refractivity contribution >= 4 is 28.5 Å². The molecule has 1 aliphatic heterocycles. The zero-order valence-corrected chi connectivity index (χ0v) is 12.0. The normalized spacial score (nSPS) is 18.3. The minimum absolute atomic E-state index is 0.0511.